The number of aromatic nitrogens is 3. The molecule has 9 nitrogen and oxygen atoms in total. The number of piperazine rings is 1. The molecule has 1 fully saturated rings. The highest BCUT2D eigenvalue weighted by molar-refractivity contribution is 6.30. The normalized spacial score (nSPS) is 13.8. The van der Waals surface area contributed by atoms with Crippen molar-refractivity contribution < 1.29 is 9.18 Å². The molecule has 1 aliphatic rings. The highest BCUT2D eigenvalue weighted by Crippen LogP contribution is 2.21. The van der Waals surface area contributed by atoms with Gasteiger partial charge in [-0.15, -0.1) is 0 Å². The van der Waals surface area contributed by atoms with Crippen molar-refractivity contribution in [2.24, 2.45) is 0 Å². The fourth-order valence-electron chi connectivity index (χ4n) is 4.00. The molecule has 0 aliphatic carbocycles. The second-order valence-electron chi connectivity index (χ2n) is 9.28. The first-order valence-corrected chi connectivity index (χ1v) is 13.1. The number of rotatable bonds is 7. The van der Waals surface area contributed by atoms with Crippen molar-refractivity contribution in [3.8, 4) is 0 Å². The smallest absolute Gasteiger partial charge is 0.323 e. The molecule has 2 amide bonds. The first kappa shape index (κ1) is 27.0. The first-order valence-electron chi connectivity index (χ1n) is 12.7. The Bertz CT molecular complexity index is 1470. The van der Waals surface area contributed by atoms with Gasteiger partial charge < -0.3 is 25.8 Å². The number of nitrogens with one attached hydrogen (secondary N) is 3. The maximum Gasteiger partial charge on any atom is 0.323 e. The van der Waals surface area contributed by atoms with Crippen LogP contribution in [0.25, 0.3) is 12.2 Å². The number of amides is 2. The molecular formula is C29H28ClFN8O. The predicted octanol–water partition coefficient (Wildman–Crippen LogP) is 5.97. The SMILES string of the molecule is CN1CCN(c2nc(/C=C/c3ccc(Cl)cc3)nc(Nc3ccc(NC(=O)Nc4ccc(F)cc4)cc3)n2)CC1. The largest absolute Gasteiger partial charge is 0.338 e. The Morgan fingerprint density at radius 1 is 0.800 bits per heavy atom. The number of carbonyl (C=O) groups is 1. The van der Waals surface area contributed by atoms with E-state index in [2.05, 4.69) is 42.8 Å². The molecule has 204 valence electrons. The minimum absolute atomic E-state index is 0.368. The Hall–Kier alpha value is -4.54. The molecule has 0 spiro atoms. The van der Waals surface area contributed by atoms with Crippen molar-refractivity contribution in [3.05, 3.63) is 95.0 Å². The van der Waals surface area contributed by atoms with Gasteiger partial charge in [-0.1, -0.05) is 29.8 Å². The summed E-state index contributed by atoms with van der Waals surface area (Å²) in [5.41, 5.74) is 2.80. The van der Waals surface area contributed by atoms with E-state index < -0.39 is 6.03 Å². The Labute approximate surface area is 236 Å². The van der Waals surface area contributed by atoms with Gasteiger partial charge in [0.1, 0.15) is 5.82 Å². The van der Waals surface area contributed by atoms with E-state index in [4.69, 9.17) is 16.6 Å². The lowest BCUT2D eigenvalue weighted by Gasteiger charge is -2.32. The molecule has 2 heterocycles. The molecule has 11 heteroatoms. The number of halogens is 2. The highest BCUT2D eigenvalue weighted by Gasteiger charge is 2.18. The molecule has 0 bridgehead atoms. The molecule has 40 heavy (non-hydrogen) atoms. The molecule has 0 atom stereocenters. The molecule has 4 aromatic rings. The van der Waals surface area contributed by atoms with E-state index in [1.165, 1.54) is 24.3 Å². The van der Waals surface area contributed by atoms with Gasteiger partial charge in [-0.3, -0.25) is 0 Å². The lowest BCUT2D eigenvalue weighted by atomic mass is 10.2. The van der Waals surface area contributed by atoms with Crippen molar-refractivity contribution in [2.75, 3.05) is 54.1 Å². The van der Waals surface area contributed by atoms with Crippen molar-refractivity contribution in [3.63, 3.8) is 0 Å². The molecule has 3 N–H and O–H groups in total. The number of nitrogens with zero attached hydrogens (tertiary/aromatic N) is 5. The van der Waals surface area contributed by atoms with Crippen LogP contribution in [0.2, 0.25) is 5.02 Å². The van der Waals surface area contributed by atoms with Crippen LogP contribution in [0.15, 0.2) is 72.8 Å². The second kappa shape index (κ2) is 12.5. The molecule has 0 radical (unpaired) electrons. The van der Waals surface area contributed by atoms with Gasteiger partial charge in [0.15, 0.2) is 5.82 Å². The van der Waals surface area contributed by atoms with Crippen molar-refractivity contribution in [1.29, 1.82) is 0 Å². The number of likely N-dealkylation sites (N-methyl/N-ethyl adjacent to an activating group) is 1. The van der Waals surface area contributed by atoms with Crippen LogP contribution in [0.5, 0.6) is 0 Å². The van der Waals surface area contributed by atoms with E-state index in [1.807, 2.05) is 48.6 Å². The third kappa shape index (κ3) is 7.52. The lowest BCUT2D eigenvalue weighted by molar-refractivity contribution is 0.262. The summed E-state index contributed by atoms with van der Waals surface area (Å²) in [6.07, 6.45) is 3.78. The Kier molecular flexibility index (Phi) is 8.48. The van der Waals surface area contributed by atoms with E-state index in [9.17, 15) is 9.18 Å². The fourth-order valence-corrected chi connectivity index (χ4v) is 4.12. The summed E-state index contributed by atoms with van der Waals surface area (Å²) in [4.78, 5) is 30.7. The topological polar surface area (TPSA) is 98.3 Å². The standard InChI is InChI=1S/C29H28ClFN8O/c1-38-16-18-39(19-17-38)28-36-26(15-4-20-2-5-21(30)6-3-20)35-27(37-28)32-23-11-13-25(14-12-23)34-29(40)33-24-9-7-22(31)8-10-24/h2-15H,16-19H2,1H3,(H2,33,34,40)(H,32,35,36,37)/b15-4+. The van der Waals surface area contributed by atoms with Crippen LogP contribution >= 0.6 is 11.6 Å². The number of hydrogen-bond donors (Lipinski definition) is 3. The molecule has 3 aromatic carbocycles. The van der Waals surface area contributed by atoms with Crippen LogP contribution < -0.4 is 20.9 Å². The highest BCUT2D eigenvalue weighted by atomic mass is 35.5. The van der Waals surface area contributed by atoms with Crippen molar-refractivity contribution >= 4 is 58.7 Å². The molecule has 1 aromatic heterocycles. The molecule has 5 rings (SSSR count). The number of urea groups is 1. The third-order valence-electron chi connectivity index (χ3n) is 6.22. The zero-order chi connectivity index (χ0) is 27.9. The molecule has 0 saturated carbocycles. The molecule has 0 unspecified atom stereocenters. The summed E-state index contributed by atoms with van der Waals surface area (Å²) in [5, 5.41) is 9.35. The second-order valence-corrected chi connectivity index (χ2v) is 9.72. The predicted molar refractivity (Wildman–Crippen MR) is 159 cm³/mol. The van der Waals surface area contributed by atoms with Gasteiger partial charge in [0.25, 0.3) is 0 Å². The maximum atomic E-state index is 13.1. The summed E-state index contributed by atoms with van der Waals surface area (Å²) >= 11 is 6.01. The van der Waals surface area contributed by atoms with E-state index >= 15 is 0 Å². The van der Waals surface area contributed by atoms with Crippen molar-refractivity contribution in [2.45, 2.75) is 0 Å². The van der Waals surface area contributed by atoms with Gasteiger partial charge in [0.2, 0.25) is 11.9 Å². The quantitative estimate of drug-likeness (QED) is 0.257. The van der Waals surface area contributed by atoms with Crippen molar-refractivity contribution in [1.82, 2.24) is 19.9 Å². The van der Waals surface area contributed by atoms with Gasteiger partial charge in [-0.25, -0.2) is 9.18 Å². The van der Waals surface area contributed by atoms with Gasteiger partial charge in [-0.05, 0) is 79.4 Å². The van der Waals surface area contributed by atoms with Gasteiger partial charge in [-0.2, -0.15) is 15.0 Å². The van der Waals surface area contributed by atoms with Crippen LogP contribution in [-0.2, 0) is 0 Å². The van der Waals surface area contributed by atoms with Crippen LogP contribution in [0, 0.1) is 5.82 Å². The Balaban J connectivity index is 1.30. The average molecular weight is 559 g/mol. The fraction of sp³-hybridized carbons (Fsp3) is 0.172. The van der Waals surface area contributed by atoms with Gasteiger partial charge >= 0.3 is 6.03 Å². The lowest BCUT2D eigenvalue weighted by Crippen LogP contribution is -2.45. The number of hydrogen-bond acceptors (Lipinski definition) is 7. The molecular weight excluding hydrogens is 531 g/mol. The summed E-state index contributed by atoms with van der Waals surface area (Å²) in [5.74, 6) is 1.18. The summed E-state index contributed by atoms with van der Waals surface area (Å²) in [7, 11) is 2.10. The van der Waals surface area contributed by atoms with Crippen LogP contribution in [-0.4, -0.2) is 59.1 Å². The molecule has 1 aliphatic heterocycles. The summed E-state index contributed by atoms with van der Waals surface area (Å²) in [6, 6.07) is 19.8. The third-order valence-corrected chi connectivity index (χ3v) is 6.47. The first-order chi connectivity index (χ1) is 19.4. The number of carbonyl (C=O) groups excluding carboxylic acids is 1. The van der Waals surface area contributed by atoms with E-state index in [1.54, 1.807) is 12.1 Å². The van der Waals surface area contributed by atoms with Gasteiger partial charge in [0, 0.05) is 48.3 Å². The van der Waals surface area contributed by atoms with Crippen LogP contribution in [0.1, 0.15) is 11.4 Å². The van der Waals surface area contributed by atoms with E-state index in [0.29, 0.717) is 34.1 Å². The zero-order valence-electron chi connectivity index (χ0n) is 21.8. The van der Waals surface area contributed by atoms with Gasteiger partial charge in [0.05, 0.1) is 0 Å². The number of anilines is 5. The summed E-state index contributed by atoms with van der Waals surface area (Å²) < 4.78 is 13.1. The summed E-state index contributed by atoms with van der Waals surface area (Å²) in [6.45, 7) is 3.49. The minimum Gasteiger partial charge on any atom is -0.338 e. The van der Waals surface area contributed by atoms with Crippen LogP contribution in [0.3, 0.4) is 0 Å². The average Bonchev–Trinajstić information content (AvgIpc) is 2.95. The van der Waals surface area contributed by atoms with Crippen LogP contribution in [0.4, 0.5) is 38.1 Å². The molecule has 1 saturated heterocycles. The van der Waals surface area contributed by atoms with E-state index in [-0.39, 0.29) is 5.82 Å². The number of benzene rings is 3. The maximum absolute atomic E-state index is 13.1. The Morgan fingerprint density at radius 3 is 2.05 bits per heavy atom. The Morgan fingerprint density at radius 2 is 1.40 bits per heavy atom. The zero-order valence-corrected chi connectivity index (χ0v) is 22.6. The minimum atomic E-state index is -0.432. The monoisotopic (exact) mass is 558 g/mol. The van der Waals surface area contributed by atoms with E-state index in [0.717, 1.165) is 37.4 Å².